The molecule has 1 aliphatic rings. The van der Waals surface area contributed by atoms with E-state index in [-0.39, 0.29) is 5.91 Å². The van der Waals surface area contributed by atoms with Crippen LogP contribution < -0.4 is 0 Å². The van der Waals surface area contributed by atoms with Gasteiger partial charge in [-0.2, -0.15) is 0 Å². The summed E-state index contributed by atoms with van der Waals surface area (Å²) in [5.41, 5.74) is 0.399. The van der Waals surface area contributed by atoms with Crippen LogP contribution in [-0.2, 0) is 4.79 Å². The van der Waals surface area contributed by atoms with Crippen molar-refractivity contribution in [3.05, 3.63) is 12.7 Å². The molecule has 1 fully saturated rings. The fraction of sp³-hybridized carbons (Fsp3) is 0.769. The summed E-state index contributed by atoms with van der Waals surface area (Å²) in [5.74, 6) is 0.777. The lowest BCUT2D eigenvalue weighted by Crippen LogP contribution is -2.31. The van der Waals surface area contributed by atoms with Crippen molar-refractivity contribution in [3.8, 4) is 0 Å². The molecule has 0 N–H and O–H groups in total. The first-order chi connectivity index (χ1) is 6.99. The van der Waals surface area contributed by atoms with Crippen molar-refractivity contribution in [2.45, 2.75) is 40.0 Å². The zero-order chi connectivity index (χ0) is 11.5. The molecule has 0 radical (unpaired) electrons. The van der Waals surface area contributed by atoms with Crippen LogP contribution in [0.2, 0.25) is 0 Å². The van der Waals surface area contributed by atoms with Crippen LogP contribution in [0.4, 0.5) is 0 Å². The Morgan fingerprint density at radius 1 is 1.40 bits per heavy atom. The van der Waals surface area contributed by atoms with Gasteiger partial charge in [0, 0.05) is 13.1 Å². The van der Waals surface area contributed by atoms with Crippen LogP contribution in [0.1, 0.15) is 40.0 Å². The van der Waals surface area contributed by atoms with E-state index in [0.29, 0.717) is 11.3 Å². The molecule has 15 heavy (non-hydrogen) atoms. The molecule has 1 unspecified atom stereocenters. The number of carbonyl (C=O) groups is 1. The van der Waals surface area contributed by atoms with E-state index in [2.05, 4.69) is 27.4 Å². The maximum absolute atomic E-state index is 11.5. The summed E-state index contributed by atoms with van der Waals surface area (Å²) in [4.78, 5) is 13.4. The van der Waals surface area contributed by atoms with Crippen molar-refractivity contribution < 1.29 is 4.79 Å². The highest BCUT2D eigenvalue weighted by Gasteiger charge is 2.31. The van der Waals surface area contributed by atoms with Gasteiger partial charge in [0.1, 0.15) is 0 Å². The Morgan fingerprint density at radius 2 is 2.07 bits per heavy atom. The minimum absolute atomic E-state index is 0.0861. The van der Waals surface area contributed by atoms with Gasteiger partial charge < -0.3 is 4.90 Å². The fourth-order valence-corrected chi connectivity index (χ4v) is 2.23. The molecule has 0 bridgehead atoms. The minimum Gasteiger partial charge on any atom is -0.339 e. The zero-order valence-electron chi connectivity index (χ0n) is 10.3. The lowest BCUT2D eigenvalue weighted by Gasteiger charge is -2.32. The number of carbonyl (C=O) groups excluding carboxylic acids is 1. The molecule has 2 nitrogen and oxygen atoms in total. The summed E-state index contributed by atoms with van der Waals surface area (Å²) in [6.45, 7) is 12.2. The van der Waals surface area contributed by atoms with Crippen molar-refractivity contribution in [2.75, 3.05) is 13.1 Å². The van der Waals surface area contributed by atoms with E-state index in [1.165, 1.54) is 12.5 Å². The van der Waals surface area contributed by atoms with Crippen molar-refractivity contribution in [2.24, 2.45) is 11.3 Å². The quantitative estimate of drug-likeness (QED) is 0.640. The van der Waals surface area contributed by atoms with Gasteiger partial charge in [0.05, 0.1) is 0 Å². The molecule has 0 spiro atoms. The van der Waals surface area contributed by atoms with Gasteiger partial charge in [-0.1, -0.05) is 27.4 Å². The van der Waals surface area contributed by atoms with Gasteiger partial charge in [-0.15, -0.1) is 0 Å². The zero-order valence-corrected chi connectivity index (χ0v) is 10.3. The topological polar surface area (TPSA) is 20.3 Å². The highest BCUT2D eigenvalue weighted by Crippen LogP contribution is 2.37. The maximum atomic E-state index is 11.5. The molecule has 1 saturated heterocycles. The van der Waals surface area contributed by atoms with E-state index >= 15 is 0 Å². The second-order valence-corrected chi connectivity index (χ2v) is 5.19. The van der Waals surface area contributed by atoms with E-state index in [9.17, 15) is 4.79 Å². The molecule has 0 aromatic heterocycles. The van der Waals surface area contributed by atoms with Gasteiger partial charge in [0.25, 0.3) is 0 Å². The number of nitrogens with zero attached hydrogens (tertiary/aromatic N) is 1. The molecule has 0 saturated carbocycles. The number of likely N-dealkylation sites (tertiary alicyclic amines) is 1. The first kappa shape index (κ1) is 12.3. The minimum atomic E-state index is 0.0861. The Labute approximate surface area is 93.3 Å². The van der Waals surface area contributed by atoms with Crippen molar-refractivity contribution in [3.63, 3.8) is 0 Å². The molecular formula is C13H23NO. The third-order valence-corrected chi connectivity index (χ3v) is 4.01. The predicted octanol–water partition coefficient (Wildman–Crippen LogP) is 2.85. The smallest absolute Gasteiger partial charge is 0.245 e. The fourth-order valence-electron chi connectivity index (χ4n) is 2.23. The monoisotopic (exact) mass is 209 g/mol. The highest BCUT2D eigenvalue weighted by atomic mass is 16.2. The largest absolute Gasteiger partial charge is 0.339 e. The van der Waals surface area contributed by atoms with Crippen LogP contribution in [0.3, 0.4) is 0 Å². The first-order valence-corrected chi connectivity index (χ1v) is 5.91. The van der Waals surface area contributed by atoms with Gasteiger partial charge in [-0.25, -0.2) is 0 Å². The molecule has 0 aromatic rings. The Bertz CT molecular complexity index is 247. The number of hydrogen-bond donors (Lipinski definition) is 0. The second kappa shape index (κ2) is 4.82. The Morgan fingerprint density at radius 3 is 2.60 bits per heavy atom. The van der Waals surface area contributed by atoms with Gasteiger partial charge in [-0.3, -0.25) is 4.79 Å². The van der Waals surface area contributed by atoms with Crippen LogP contribution in [0.15, 0.2) is 12.7 Å². The molecule has 0 aliphatic carbocycles. The SMILES string of the molecule is C=CC(=O)N1CCCC(C)(C(C)C)CC1. The molecule has 0 aromatic carbocycles. The van der Waals surface area contributed by atoms with Crippen molar-refractivity contribution in [1.29, 1.82) is 0 Å². The van der Waals surface area contributed by atoms with Gasteiger partial charge >= 0.3 is 0 Å². The Kier molecular flexibility index (Phi) is 3.95. The average Bonchev–Trinajstić information content (AvgIpc) is 2.40. The van der Waals surface area contributed by atoms with E-state index in [1.807, 2.05) is 4.90 Å². The predicted molar refractivity (Wildman–Crippen MR) is 63.6 cm³/mol. The second-order valence-electron chi connectivity index (χ2n) is 5.19. The molecule has 1 aliphatic heterocycles. The first-order valence-electron chi connectivity index (χ1n) is 5.91. The summed E-state index contributed by atoms with van der Waals surface area (Å²) >= 11 is 0. The van der Waals surface area contributed by atoms with Gasteiger partial charge in [0.2, 0.25) is 5.91 Å². The normalized spacial score (nSPS) is 27.6. The molecule has 86 valence electrons. The number of rotatable bonds is 2. The van der Waals surface area contributed by atoms with Crippen LogP contribution in [0.25, 0.3) is 0 Å². The van der Waals surface area contributed by atoms with E-state index < -0.39 is 0 Å². The molecule has 2 heteroatoms. The summed E-state index contributed by atoms with van der Waals surface area (Å²) in [5, 5.41) is 0. The van der Waals surface area contributed by atoms with Crippen molar-refractivity contribution in [1.82, 2.24) is 4.90 Å². The third-order valence-electron chi connectivity index (χ3n) is 4.01. The number of amides is 1. The van der Waals surface area contributed by atoms with Gasteiger partial charge in [0.15, 0.2) is 0 Å². The van der Waals surface area contributed by atoms with Crippen LogP contribution in [-0.4, -0.2) is 23.9 Å². The third kappa shape index (κ3) is 2.83. The van der Waals surface area contributed by atoms with E-state index in [0.717, 1.165) is 25.9 Å². The summed E-state index contributed by atoms with van der Waals surface area (Å²) in [6, 6.07) is 0. The maximum Gasteiger partial charge on any atom is 0.245 e. The van der Waals surface area contributed by atoms with Crippen LogP contribution in [0, 0.1) is 11.3 Å². The lowest BCUT2D eigenvalue weighted by atomic mass is 9.73. The van der Waals surface area contributed by atoms with Crippen LogP contribution >= 0.6 is 0 Å². The van der Waals surface area contributed by atoms with Gasteiger partial charge in [-0.05, 0) is 36.7 Å². The molecular weight excluding hydrogens is 186 g/mol. The molecule has 1 heterocycles. The standard InChI is InChI=1S/C13H23NO/c1-5-12(15)14-9-6-7-13(4,8-10-14)11(2)3/h5,11H,1,6-10H2,2-4H3. The lowest BCUT2D eigenvalue weighted by molar-refractivity contribution is -0.126. The summed E-state index contributed by atoms with van der Waals surface area (Å²) < 4.78 is 0. The number of hydrogen-bond acceptors (Lipinski definition) is 1. The summed E-state index contributed by atoms with van der Waals surface area (Å²) in [7, 11) is 0. The van der Waals surface area contributed by atoms with E-state index in [4.69, 9.17) is 0 Å². The molecule has 1 atom stereocenters. The molecule has 1 amide bonds. The Hall–Kier alpha value is -0.790. The summed E-state index contributed by atoms with van der Waals surface area (Å²) in [6.07, 6.45) is 4.89. The Balaban J connectivity index is 2.63. The molecule has 1 rings (SSSR count). The van der Waals surface area contributed by atoms with E-state index in [1.54, 1.807) is 0 Å². The average molecular weight is 209 g/mol. The highest BCUT2D eigenvalue weighted by molar-refractivity contribution is 5.86. The van der Waals surface area contributed by atoms with Crippen molar-refractivity contribution >= 4 is 5.91 Å². The van der Waals surface area contributed by atoms with Crippen LogP contribution in [0.5, 0.6) is 0 Å².